The third-order valence-corrected chi connectivity index (χ3v) is 15.0. The van der Waals surface area contributed by atoms with Crippen molar-refractivity contribution in [3.8, 4) is 0 Å². The van der Waals surface area contributed by atoms with Crippen LogP contribution in [0.25, 0.3) is 6.08 Å². The number of Topliss-reactive ketones (excluding diaryl/α,β-unsaturated/α-hetero) is 3. The molecule has 5 aliphatic carbocycles. The van der Waals surface area contributed by atoms with Gasteiger partial charge in [0.2, 0.25) is 0 Å². The van der Waals surface area contributed by atoms with Crippen LogP contribution in [0.4, 0.5) is 0 Å². The number of aliphatic carboxylic acids is 1. The van der Waals surface area contributed by atoms with Gasteiger partial charge in [0.1, 0.15) is 23.4 Å². The lowest BCUT2D eigenvalue weighted by Gasteiger charge is -2.68. The van der Waals surface area contributed by atoms with Gasteiger partial charge in [0.25, 0.3) is 0 Å². The predicted molar refractivity (Wildman–Crippen MR) is 200 cm³/mol. The van der Waals surface area contributed by atoms with Crippen LogP contribution in [0.5, 0.6) is 0 Å². The smallest absolute Gasteiger partial charge is 0.313 e. The molecule has 11 heteroatoms. The Bertz CT molecular complexity index is 1860. The number of fused-ring (bicyclic) bond motifs is 2. The summed E-state index contributed by atoms with van der Waals surface area (Å²) in [6.07, 6.45) is 6.30. The van der Waals surface area contributed by atoms with Gasteiger partial charge in [-0.3, -0.25) is 24.2 Å². The summed E-state index contributed by atoms with van der Waals surface area (Å²) < 4.78 is 0. The normalized spacial score (nSPS) is 39.2. The number of rotatable bonds is 10. The minimum atomic E-state index is -1.75. The van der Waals surface area contributed by atoms with Crippen molar-refractivity contribution in [1.82, 2.24) is 0 Å². The van der Waals surface area contributed by atoms with Gasteiger partial charge in [-0.05, 0) is 60.1 Å². The number of carbonyl (C=O) groups is 4. The minimum absolute atomic E-state index is 0.00929. The molecule has 11 nitrogen and oxygen atoms in total. The van der Waals surface area contributed by atoms with Gasteiger partial charge >= 0.3 is 5.97 Å². The van der Waals surface area contributed by atoms with E-state index in [4.69, 9.17) is 11.5 Å². The van der Waals surface area contributed by atoms with E-state index in [9.17, 15) is 34.8 Å². The van der Waals surface area contributed by atoms with E-state index >= 15 is 4.79 Å². The quantitative estimate of drug-likeness (QED) is 0.0886. The molecular weight excluding hydrogens is 674 g/mol. The second-order valence-corrected chi connectivity index (χ2v) is 17.8. The van der Waals surface area contributed by atoms with E-state index in [1.807, 2.05) is 84.0 Å². The summed E-state index contributed by atoms with van der Waals surface area (Å²) in [7, 11) is 0. The lowest BCUT2D eigenvalue weighted by molar-refractivity contribution is -0.162. The zero-order chi connectivity index (χ0) is 39.3. The average Bonchev–Trinajstić information content (AvgIpc) is 3.27. The molecule has 2 fully saturated rings. The summed E-state index contributed by atoms with van der Waals surface area (Å²) >= 11 is 0. The number of benzene rings is 1. The first-order chi connectivity index (χ1) is 24.5. The van der Waals surface area contributed by atoms with Crippen molar-refractivity contribution in [2.45, 2.75) is 91.5 Å². The van der Waals surface area contributed by atoms with Gasteiger partial charge < -0.3 is 31.9 Å². The molecule has 1 aromatic carbocycles. The maximum Gasteiger partial charge on any atom is 0.313 e. The fourth-order valence-corrected chi connectivity index (χ4v) is 12.0. The molecule has 0 spiro atoms. The van der Waals surface area contributed by atoms with Gasteiger partial charge in [0.15, 0.2) is 17.5 Å². The number of aliphatic hydroxyl groups excluding tert-OH is 1. The molecule has 0 aromatic heterocycles. The van der Waals surface area contributed by atoms with E-state index in [2.05, 4.69) is 4.99 Å². The van der Waals surface area contributed by atoms with Crippen LogP contribution in [0, 0.1) is 57.2 Å². The standard InChI is InChI=1S/C42H55N3O8/c1-22(25(21-45-36(43)44)32(49)31(48)23(2)35(50)51)27-19-41(52)17-18-42(53)26(14-13-24-11-9-8-10-12-24)33-37(3,4)29(47)15-16-38(33,5)30-28(46)20-39(27,6)40(41,7)34(30)42/h8-14,17-18,22-23,25-27,32-33,49,52-53H,15-16,19-21H2,1-7H3,(H,50,51)(H4,43,44,45)/t22-,23-,25+,26+,27+,32+,33+,38-,39-,40+,41-,42+/m1/s1. The van der Waals surface area contributed by atoms with E-state index in [1.54, 1.807) is 12.2 Å². The van der Waals surface area contributed by atoms with Gasteiger partial charge in [-0.2, -0.15) is 0 Å². The van der Waals surface area contributed by atoms with E-state index < -0.39 is 86.2 Å². The zero-order valence-electron chi connectivity index (χ0n) is 31.8. The average molecular weight is 730 g/mol. The van der Waals surface area contributed by atoms with Crippen molar-refractivity contribution < 1.29 is 39.6 Å². The molecule has 0 aliphatic heterocycles. The Balaban J connectivity index is 1.56. The van der Waals surface area contributed by atoms with Crippen molar-refractivity contribution in [3.63, 3.8) is 0 Å². The summed E-state index contributed by atoms with van der Waals surface area (Å²) in [4.78, 5) is 58.0. The Morgan fingerprint density at radius 2 is 1.66 bits per heavy atom. The number of guanidine groups is 1. The van der Waals surface area contributed by atoms with Crippen molar-refractivity contribution in [2.75, 3.05) is 6.54 Å². The topological polar surface area (TPSA) is 214 Å². The Labute approximate surface area is 311 Å². The number of carbonyl (C=O) groups excluding carboxylic acids is 3. The van der Waals surface area contributed by atoms with Crippen LogP contribution in [-0.4, -0.2) is 73.6 Å². The Morgan fingerprint density at radius 3 is 2.26 bits per heavy atom. The van der Waals surface area contributed by atoms with Gasteiger partial charge in [-0.15, -0.1) is 0 Å². The molecule has 0 amide bonds. The molecule has 0 saturated heterocycles. The Morgan fingerprint density at radius 1 is 1.02 bits per heavy atom. The number of allylic oxidation sites excluding steroid dienone is 1. The number of hydrogen-bond acceptors (Lipinski definition) is 8. The molecule has 0 unspecified atom stereocenters. The molecule has 53 heavy (non-hydrogen) atoms. The maximum atomic E-state index is 15.0. The number of ketones is 3. The number of nitrogens with zero attached hydrogens (tertiary/aromatic N) is 1. The second-order valence-electron chi connectivity index (χ2n) is 17.8. The summed E-state index contributed by atoms with van der Waals surface area (Å²) in [6.45, 7) is 12.6. The van der Waals surface area contributed by atoms with Crippen molar-refractivity contribution in [3.05, 3.63) is 65.3 Å². The van der Waals surface area contributed by atoms with Crippen molar-refractivity contribution in [1.29, 1.82) is 0 Å². The largest absolute Gasteiger partial charge is 0.481 e. The van der Waals surface area contributed by atoms with Crippen LogP contribution in [0.1, 0.15) is 79.7 Å². The predicted octanol–water partition coefficient (Wildman–Crippen LogP) is 3.85. The summed E-state index contributed by atoms with van der Waals surface area (Å²) in [6, 6.07) is 9.69. The zero-order valence-corrected chi connectivity index (χ0v) is 31.8. The van der Waals surface area contributed by atoms with Gasteiger partial charge in [-0.25, -0.2) is 0 Å². The molecule has 12 atom stereocenters. The van der Waals surface area contributed by atoms with Crippen LogP contribution in [0.3, 0.4) is 0 Å². The van der Waals surface area contributed by atoms with E-state index in [1.165, 1.54) is 6.92 Å². The van der Waals surface area contributed by atoms with Crippen LogP contribution in [0.15, 0.2) is 64.7 Å². The number of carboxylic acid groups (broad SMARTS) is 1. The molecule has 286 valence electrons. The Kier molecular flexibility index (Phi) is 9.19. The second kappa shape index (κ2) is 12.6. The molecule has 0 heterocycles. The van der Waals surface area contributed by atoms with Crippen LogP contribution >= 0.6 is 0 Å². The fraction of sp³-hybridized carbons (Fsp3) is 0.595. The highest BCUT2D eigenvalue weighted by Gasteiger charge is 2.78. The number of aliphatic imine (C=N–C) groups is 1. The highest BCUT2D eigenvalue weighted by molar-refractivity contribution is 6.02. The molecular formula is C42H55N3O8. The minimum Gasteiger partial charge on any atom is -0.481 e. The Hall–Kier alpha value is -3.93. The van der Waals surface area contributed by atoms with Crippen molar-refractivity contribution in [2.24, 2.45) is 73.6 Å². The molecule has 0 bridgehead atoms. The van der Waals surface area contributed by atoms with Crippen LogP contribution in [0.2, 0.25) is 0 Å². The SMILES string of the molecule is C[C@@H](C(=O)O)C(=O)[C@@H](O)[C@@H](CN=C(N)N)[C@@H](C)[C@@H]1C[C@]2(O)C=C[C@@]3(O)C4=C(C(=O)C[C@@]1(C)[C@]42C)[C@@]1(C)CCC(=O)C(C)(C)[C@@H]1[C@@H]3C=Cc1ccccc1. The summed E-state index contributed by atoms with van der Waals surface area (Å²) in [5.74, 6) is -7.32. The lowest BCUT2D eigenvalue weighted by atomic mass is 9.36. The highest BCUT2D eigenvalue weighted by Crippen LogP contribution is 2.78. The van der Waals surface area contributed by atoms with Gasteiger partial charge in [0, 0.05) is 53.0 Å². The molecule has 0 radical (unpaired) electrons. The van der Waals surface area contributed by atoms with E-state index in [0.29, 0.717) is 17.6 Å². The summed E-state index contributed by atoms with van der Waals surface area (Å²) in [5.41, 5.74) is 6.01. The number of aliphatic hydroxyl groups is 3. The number of nitrogens with two attached hydrogens (primary N) is 2. The molecule has 1 aromatic rings. The number of carboxylic acids is 1. The van der Waals surface area contributed by atoms with E-state index in [-0.39, 0.29) is 43.3 Å². The maximum absolute atomic E-state index is 15.0. The lowest BCUT2D eigenvalue weighted by Crippen LogP contribution is -2.69. The van der Waals surface area contributed by atoms with Crippen LogP contribution < -0.4 is 11.5 Å². The molecule has 2 saturated carbocycles. The van der Waals surface area contributed by atoms with E-state index in [0.717, 1.165) is 5.56 Å². The third kappa shape index (κ3) is 5.28. The fourth-order valence-electron chi connectivity index (χ4n) is 12.0. The summed E-state index contributed by atoms with van der Waals surface area (Å²) in [5, 5.41) is 47.4. The van der Waals surface area contributed by atoms with Gasteiger partial charge in [-0.1, -0.05) is 90.1 Å². The molecule has 5 aliphatic rings. The van der Waals surface area contributed by atoms with Crippen molar-refractivity contribution >= 4 is 35.4 Å². The monoisotopic (exact) mass is 729 g/mol. The van der Waals surface area contributed by atoms with Gasteiger partial charge in [0.05, 0.1) is 5.60 Å². The first-order valence-electron chi connectivity index (χ1n) is 18.7. The third-order valence-electron chi connectivity index (χ3n) is 15.0. The highest BCUT2D eigenvalue weighted by atomic mass is 16.4. The first kappa shape index (κ1) is 38.8. The number of hydrogen-bond donors (Lipinski definition) is 6. The first-order valence-corrected chi connectivity index (χ1v) is 18.7. The molecule has 8 N–H and O–H groups in total. The molecule has 6 rings (SSSR count). The van der Waals surface area contributed by atoms with Crippen LogP contribution in [-0.2, 0) is 19.2 Å².